The zero-order chi connectivity index (χ0) is 13.1. The molecule has 0 aliphatic carbocycles. The quantitative estimate of drug-likeness (QED) is 0.874. The summed E-state index contributed by atoms with van der Waals surface area (Å²) in [6.45, 7) is 7.97. The van der Waals surface area contributed by atoms with Gasteiger partial charge in [-0.05, 0) is 30.2 Å². The largest absolute Gasteiger partial charge is 0.329 e. The van der Waals surface area contributed by atoms with Crippen molar-refractivity contribution in [3.05, 3.63) is 35.6 Å². The van der Waals surface area contributed by atoms with Crippen LogP contribution in [-0.4, -0.2) is 25.0 Å². The Labute approximate surface area is 104 Å². The topological polar surface area (TPSA) is 29.3 Å². The van der Waals surface area contributed by atoms with Crippen LogP contribution in [0.3, 0.4) is 0 Å². The van der Waals surface area contributed by atoms with Crippen LogP contribution in [0.5, 0.6) is 0 Å². The molecule has 0 amide bonds. The third kappa shape index (κ3) is 4.44. The zero-order valence-corrected chi connectivity index (χ0v) is 11.2. The average molecular weight is 238 g/mol. The molecule has 0 saturated heterocycles. The van der Waals surface area contributed by atoms with E-state index in [4.69, 9.17) is 5.73 Å². The molecule has 0 heterocycles. The van der Waals surface area contributed by atoms with Gasteiger partial charge in [-0.1, -0.05) is 32.9 Å². The Bertz CT molecular complexity index is 357. The minimum Gasteiger partial charge on any atom is -0.329 e. The van der Waals surface area contributed by atoms with Gasteiger partial charge in [-0.2, -0.15) is 0 Å². The molecule has 1 unspecified atom stereocenters. The Balaban J connectivity index is 2.84. The third-order valence-corrected chi connectivity index (χ3v) is 2.71. The van der Waals surface area contributed by atoms with E-state index < -0.39 is 0 Å². The summed E-state index contributed by atoms with van der Waals surface area (Å²) in [5.41, 5.74) is 6.96. The van der Waals surface area contributed by atoms with Crippen LogP contribution in [0.25, 0.3) is 0 Å². The molecule has 1 atom stereocenters. The van der Waals surface area contributed by atoms with Crippen molar-refractivity contribution in [1.29, 1.82) is 0 Å². The van der Waals surface area contributed by atoms with E-state index in [1.54, 1.807) is 12.1 Å². The number of likely N-dealkylation sites (N-methyl/N-ethyl adjacent to an activating group) is 1. The van der Waals surface area contributed by atoms with Crippen molar-refractivity contribution < 1.29 is 4.39 Å². The van der Waals surface area contributed by atoms with Crippen LogP contribution in [0, 0.1) is 11.2 Å². The maximum atomic E-state index is 13.2. The maximum Gasteiger partial charge on any atom is 0.123 e. The monoisotopic (exact) mass is 238 g/mol. The van der Waals surface area contributed by atoms with Gasteiger partial charge in [-0.15, -0.1) is 0 Å². The van der Waals surface area contributed by atoms with Gasteiger partial charge >= 0.3 is 0 Å². The van der Waals surface area contributed by atoms with Gasteiger partial charge in [-0.3, -0.25) is 4.90 Å². The second kappa shape index (κ2) is 5.61. The van der Waals surface area contributed by atoms with Crippen LogP contribution in [0.4, 0.5) is 4.39 Å². The highest BCUT2D eigenvalue weighted by molar-refractivity contribution is 5.20. The van der Waals surface area contributed by atoms with E-state index in [0.717, 1.165) is 12.1 Å². The first-order valence-corrected chi connectivity index (χ1v) is 5.99. The molecule has 17 heavy (non-hydrogen) atoms. The molecular weight excluding hydrogens is 215 g/mol. The van der Waals surface area contributed by atoms with E-state index >= 15 is 0 Å². The summed E-state index contributed by atoms with van der Waals surface area (Å²) in [5, 5.41) is 0. The standard InChI is InChI=1S/C14H23FN2/c1-14(2,3)10-17(4)13(9-16)11-6-5-7-12(15)8-11/h5-8,13H,9-10,16H2,1-4H3. The van der Waals surface area contributed by atoms with Crippen molar-refractivity contribution in [1.82, 2.24) is 4.90 Å². The molecule has 0 radical (unpaired) electrons. The van der Waals surface area contributed by atoms with Crippen molar-refractivity contribution in [3.63, 3.8) is 0 Å². The zero-order valence-electron chi connectivity index (χ0n) is 11.2. The molecule has 3 heteroatoms. The number of nitrogens with two attached hydrogens (primary N) is 1. The molecule has 1 rings (SSSR count). The Morgan fingerprint density at radius 3 is 2.47 bits per heavy atom. The highest BCUT2D eigenvalue weighted by atomic mass is 19.1. The second-order valence-electron chi connectivity index (χ2n) is 5.78. The van der Waals surface area contributed by atoms with E-state index in [0.29, 0.717) is 6.54 Å². The summed E-state index contributed by atoms with van der Waals surface area (Å²) in [6, 6.07) is 6.76. The minimum atomic E-state index is -0.204. The molecule has 1 aromatic carbocycles. The highest BCUT2D eigenvalue weighted by Gasteiger charge is 2.21. The van der Waals surface area contributed by atoms with E-state index in [1.165, 1.54) is 6.07 Å². The number of halogens is 1. The van der Waals surface area contributed by atoms with Gasteiger partial charge in [0.15, 0.2) is 0 Å². The smallest absolute Gasteiger partial charge is 0.123 e. The summed E-state index contributed by atoms with van der Waals surface area (Å²) < 4.78 is 13.2. The van der Waals surface area contributed by atoms with E-state index in [9.17, 15) is 4.39 Å². The maximum absolute atomic E-state index is 13.2. The predicted molar refractivity (Wildman–Crippen MR) is 70.3 cm³/mol. The molecule has 0 saturated carbocycles. The second-order valence-corrected chi connectivity index (χ2v) is 5.78. The van der Waals surface area contributed by atoms with E-state index in [1.807, 2.05) is 13.1 Å². The van der Waals surface area contributed by atoms with Gasteiger partial charge in [0.1, 0.15) is 5.82 Å². The molecular formula is C14H23FN2. The Morgan fingerprint density at radius 1 is 1.35 bits per heavy atom. The number of nitrogens with zero attached hydrogens (tertiary/aromatic N) is 1. The van der Waals surface area contributed by atoms with Gasteiger partial charge < -0.3 is 5.73 Å². The lowest BCUT2D eigenvalue weighted by molar-refractivity contribution is 0.175. The first kappa shape index (κ1) is 14.1. The fourth-order valence-corrected chi connectivity index (χ4v) is 2.14. The van der Waals surface area contributed by atoms with Crippen LogP contribution >= 0.6 is 0 Å². The SMILES string of the molecule is CN(CC(C)(C)C)C(CN)c1cccc(F)c1. The van der Waals surface area contributed by atoms with Crippen LogP contribution in [-0.2, 0) is 0 Å². The summed E-state index contributed by atoms with van der Waals surface area (Å²) in [7, 11) is 2.04. The normalized spacial score (nSPS) is 14.1. The van der Waals surface area contributed by atoms with Crippen LogP contribution in [0.2, 0.25) is 0 Å². The van der Waals surface area contributed by atoms with Crippen molar-refractivity contribution in [2.24, 2.45) is 11.1 Å². The van der Waals surface area contributed by atoms with E-state index in [-0.39, 0.29) is 17.3 Å². The number of rotatable bonds is 4. The average Bonchev–Trinajstić information content (AvgIpc) is 2.15. The molecule has 96 valence electrons. The molecule has 1 aromatic rings. The summed E-state index contributed by atoms with van der Waals surface area (Å²) >= 11 is 0. The van der Waals surface area contributed by atoms with Crippen molar-refractivity contribution in [2.45, 2.75) is 26.8 Å². The molecule has 0 aliphatic rings. The lowest BCUT2D eigenvalue weighted by Crippen LogP contribution is -2.36. The van der Waals surface area contributed by atoms with Gasteiger partial charge in [-0.25, -0.2) is 4.39 Å². The first-order valence-electron chi connectivity index (χ1n) is 5.99. The van der Waals surface area contributed by atoms with Gasteiger partial charge in [0.2, 0.25) is 0 Å². The summed E-state index contributed by atoms with van der Waals surface area (Å²) in [5.74, 6) is -0.204. The van der Waals surface area contributed by atoms with Crippen molar-refractivity contribution in [2.75, 3.05) is 20.1 Å². The van der Waals surface area contributed by atoms with Crippen LogP contribution in [0.15, 0.2) is 24.3 Å². The fraction of sp³-hybridized carbons (Fsp3) is 0.571. The van der Waals surface area contributed by atoms with Gasteiger partial charge in [0, 0.05) is 19.1 Å². The number of benzene rings is 1. The summed E-state index contributed by atoms with van der Waals surface area (Å²) in [6.07, 6.45) is 0. The molecule has 0 aliphatic heterocycles. The fourth-order valence-electron chi connectivity index (χ4n) is 2.14. The molecule has 0 aromatic heterocycles. The Morgan fingerprint density at radius 2 is 2.00 bits per heavy atom. The molecule has 2 nitrogen and oxygen atoms in total. The lowest BCUT2D eigenvalue weighted by atomic mass is 9.94. The predicted octanol–water partition coefficient (Wildman–Crippen LogP) is 2.80. The Kier molecular flexibility index (Phi) is 4.66. The highest BCUT2D eigenvalue weighted by Crippen LogP contribution is 2.23. The lowest BCUT2D eigenvalue weighted by Gasteiger charge is -2.33. The Hall–Kier alpha value is -0.930. The van der Waals surface area contributed by atoms with Crippen molar-refractivity contribution >= 4 is 0 Å². The molecule has 0 bridgehead atoms. The molecule has 0 fully saturated rings. The third-order valence-electron chi connectivity index (χ3n) is 2.71. The molecule has 2 N–H and O–H groups in total. The minimum absolute atomic E-state index is 0.0740. The van der Waals surface area contributed by atoms with Crippen molar-refractivity contribution in [3.8, 4) is 0 Å². The number of hydrogen-bond acceptors (Lipinski definition) is 2. The van der Waals surface area contributed by atoms with Crippen LogP contribution < -0.4 is 5.73 Å². The van der Waals surface area contributed by atoms with E-state index in [2.05, 4.69) is 25.7 Å². The first-order chi connectivity index (χ1) is 7.83. The van der Waals surface area contributed by atoms with Crippen LogP contribution in [0.1, 0.15) is 32.4 Å². The van der Waals surface area contributed by atoms with Gasteiger partial charge in [0.25, 0.3) is 0 Å². The summed E-state index contributed by atoms with van der Waals surface area (Å²) in [4.78, 5) is 2.19. The number of hydrogen-bond donors (Lipinski definition) is 1. The molecule has 0 spiro atoms. The van der Waals surface area contributed by atoms with Gasteiger partial charge in [0.05, 0.1) is 0 Å².